The van der Waals surface area contributed by atoms with Gasteiger partial charge >= 0.3 is 0 Å². The van der Waals surface area contributed by atoms with Crippen LogP contribution in [-0.2, 0) is 11.8 Å². The third-order valence-corrected chi connectivity index (χ3v) is 6.72. The Morgan fingerprint density at radius 1 is 1.27 bits per heavy atom. The van der Waals surface area contributed by atoms with Gasteiger partial charge in [-0.2, -0.15) is 0 Å². The largest absolute Gasteiger partial charge is 0.507 e. The van der Waals surface area contributed by atoms with Gasteiger partial charge in [0, 0.05) is 6.61 Å². The number of hydrogen-bond donors (Lipinski definition) is 2. The van der Waals surface area contributed by atoms with E-state index in [9.17, 15) is 10.2 Å². The molecule has 0 spiro atoms. The molecule has 2 heteroatoms. The number of fused-ring (bicyclic) bond motifs is 3. The summed E-state index contributed by atoms with van der Waals surface area (Å²) in [4.78, 5) is 0. The molecule has 0 bridgehead atoms. The van der Waals surface area contributed by atoms with Gasteiger partial charge in [-0.25, -0.2) is 0 Å². The van der Waals surface area contributed by atoms with Gasteiger partial charge in [-0.15, -0.1) is 0 Å². The van der Waals surface area contributed by atoms with Crippen LogP contribution >= 0.6 is 0 Å². The number of phenolic OH excluding ortho intramolecular Hbond substituents is 1. The van der Waals surface area contributed by atoms with Crippen molar-refractivity contribution in [1.82, 2.24) is 0 Å². The van der Waals surface area contributed by atoms with Crippen LogP contribution in [-0.4, -0.2) is 16.8 Å². The Bertz CT molecular complexity index is 563. The lowest BCUT2D eigenvalue weighted by atomic mass is 9.52. The smallest absolute Gasteiger partial charge is 0.122 e. The van der Waals surface area contributed by atoms with Gasteiger partial charge in [0.05, 0.1) is 0 Å². The Kier molecular flexibility index (Phi) is 4.01. The van der Waals surface area contributed by atoms with Crippen LogP contribution in [0.5, 0.6) is 5.75 Å². The Labute approximate surface area is 134 Å². The van der Waals surface area contributed by atoms with E-state index in [1.807, 2.05) is 0 Å². The van der Waals surface area contributed by atoms with Gasteiger partial charge in [-0.1, -0.05) is 39.8 Å². The lowest BCUT2D eigenvalue weighted by Crippen LogP contribution is -2.47. The number of aromatic hydroxyl groups is 1. The monoisotopic (exact) mass is 302 g/mol. The van der Waals surface area contributed by atoms with Crippen molar-refractivity contribution in [2.45, 2.75) is 64.7 Å². The van der Waals surface area contributed by atoms with Gasteiger partial charge in [-0.3, -0.25) is 0 Å². The van der Waals surface area contributed by atoms with Crippen molar-refractivity contribution in [3.8, 4) is 5.75 Å². The number of benzene rings is 1. The average molecular weight is 302 g/mol. The normalized spacial score (nSPS) is 34.4. The van der Waals surface area contributed by atoms with E-state index in [-0.39, 0.29) is 5.41 Å². The molecule has 3 rings (SSSR count). The second-order valence-electron chi connectivity index (χ2n) is 8.09. The van der Waals surface area contributed by atoms with Gasteiger partial charge in [0.1, 0.15) is 5.75 Å². The summed E-state index contributed by atoms with van der Waals surface area (Å²) in [6.07, 6.45) is 4.33. The Morgan fingerprint density at radius 2 is 2.00 bits per heavy atom. The first-order valence-electron chi connectivity index (χ1n) is 8.86. The second-order valence-corrected chi connectivity index (χ2v) is 8.09. The summed E-state index contributed by atoms with van der Waals surface area (Å²) in [6, 6.07) is 4.41. The fourth-order valence-corrected chi connectivity index (χ4v) is 5.22. The summed E-state index contributed by atoms with van der Waals surface area (Å²) in [5.41, 5.74) is 3.80. The Morgan fingerprint density at radius 3 is 2.64 bits per heavy atom. The lowest BCUT2D eigenvalue weighted by molar-refractivity contribution is 0.0347. The van der Waals surface area contributed by atoms with Gasteiger partial charge in [0.15, 0.2) is 0 Å². The summed E-state index contributed by atoms with van der Waals surface area (Å²) < 4.78 is 0. The minimum atomic E-state index is 0.158. The topological polar surface area (TPSA) is 40.5 Å². The van der Waals surface area contributed by atoms with Crippen LogP contribution in [0.3, 0.4) is 0 Å². The number of phenols is 1. The van der Waals surface area contributed by atoms with Crippen molar-refractivity contribution in [3.05, 3.63) is 28.8 Å². The molecule has 1 aromatic carbocycles. The molecule has 122 valence electrons. The van der Waals surface area contributed by atoms with Gasteiger partial charge in [0.2, 0.25) is 0 Å². The summed E-state index contributed by atoms with van der Waals surface area (Å²) in [6.45, 7) is 9.30. The number of hydrogen-bond acceptors (Lipinski definition) is 2. The fraction of sp³-hybridized carbons (Fsp3) is 0.700. The van der Waals surface area contributed by atoms with Gasteiger partial charge in [0.25, 0.3) is 0 Å². The number of aliphatic hydroxyl groups excluding tert-OH is 1. The zero-order chi connectivity index (χ0) is 16.1. The maximum Gasteiger partial charge on any atom is 0.122 e. The maximum atomic E-state index is 10.7. The Balaban J connectivity index is 2.05. The molecule has 0 amide bonds. The van der Waals surface area contributed by atoms with Crippen LogP contribution in [0.25, 0.3) is 0 Å². The van der Waals surface area contributed by atoms with E-state index >= 15 is 0 Å². The third-order valence-electron chi connectivity index (χ3n) is 6.72. The first-order valence-corrected chi connectivity index (χ1v) is 8.86. The van der Waals surface area contributed by atoms with Crippen LogP contribution in [0, 0.1) is 17.8 Å². The van der Waals surface area contributed by atoms with Crippen molar-refractivity contribution >= 4 is 0 Å². The average Bonchev–Trinajstić information content (AvgIpc) is 2.48. The maximum absolute atomic E-state index is 10.7. The summed E-state index contributed by atoms with van der Waals surface area (Å²) in [5, 5.41) is 20.4. The van der Waals surface area contributed by atoms with E-state index in [0.717, 1.165) is 31.2 Å². The summed E-state index contributed by atoms with van der Waals surface area (Å²) in [7, 11) is 0. The number of rotatable bonds is 2. The van der Waals surface area contributed by atoms with Crippen LogP contribution in [0.2, 0.25) is 0 Å². The molecule has 0 unspecified atom stereocenters. The molecule has 0 radical (unpaired) electrons. The minimum Gasteiger partial charge on any atom is -0.507 e. The van der Waals surface area contributed by atoms with Crippen molar-refractivity contribution in [1.29, 1.82) is 0 Å². The highest BCUT2D eigenvalue weighted by Gasteiger charge is 2.48. The molecule has 0 aliphatic heterocycles. The van der Waals surface area contributed by atoms with E-state index in [1.165, 1.54) is 11.1 Å². The molecular formula is C20H30O2. The van der Waals surface area contributed by atoms with Crippen molar-refractivity contribution in [2.75, 3.05) is 6.61 Å². The van der Waals surface area contributed by atoms with Crippen LogP contribution in [0.1, 0.15) is 69.6 Å². The van der Waals surface area contributed by atoms with Crippen molar-refractivity contribution in [2.24, 2.45) is 17.8 Å². The van der Waals surface area contributed by atoms with E-state index in [2.05, 4.69) is 39.8 Å². The SMILES string of the molecule is CC(C)c1ccc2c(c1O)CC[C@H]1[C@@H](C)[C@@H](CO)CC[C@]21C. The number of aliphatic hydroxyl groups is 1. The van der Waals surface area contributed by atoms with Crippen LogP contribution in [0.4, 0.5) is 0 Å². The quantitative estimate of drug-likeness (QED) is 0.851. The Hall–Kier alpha value is -1.02. The molecule has 2 N–H and O–H groups in total. The molecule has 0 saturated heterocycles. The molecule has 2 nitrogen and oxygen atoms in total. The fourth-order valence-electron chi connectivity index (χ4n) is 5.22. The molecule has 2 aliphatic carbocycles. The van der Waals surface area contributed by atoms with Crippen LogP contribution < -0.4 is 0 Å². The molecule has 0 aromatic heterocycles. The predicted molar refractivity (Wildman–Crippen MR) is 90.3 cm³/mol. The molecule has 22 heavy (non-hydrogen) atoms. The van der Waals surface area contributed by atoms with Gasteiger partial charge in [-0.05, 0) is 71.5 Å². The first-order chi connectivity index (χ1) is 10.4. The third kappa shape index (κ3) is 2.19. The highest BCUT2D eigenvalue weighted by Crippen LogP contribution is 2.55. The molecule has 1 saturated carbocycles. The second kappa shape index (κ2) is 5.56. The lowest BCUT2D eigenvalue weighted by Gasteiger charge is -2.52. The van der Waals surface area contributed by atoms with Crippen molar-refractivity contribution < 1.29 is 10.2 Å². The zero-order valence-electron chi connectivity index (χ0n) is 14.4. The highest BCUT2D eigenvalue weighted by molar-refractivity contribution is 5.51. The summed E-state index contributed by atoms with van der Waals surface area (Å²) >= 11 is 0. The van der Waals surface area contributed by atoms with E-state index in [1.54, 1.807) is 0 Å². The highest BCUT2D eigenvalue weighted by atomic mass is 16.3. The van der Waals surface area contributed by atoms with Crippen molar-refractivity contribution in [3.63, 3.8) is 0 Å². The van der Waals surface area contributed by atoms with E-state index < -0.39 is 0 Å². The molecule has 4 atom stereocenters. The molecule has 0 heterocycles. The predicted octanol–water partition coefficient (Wildman–Crippen LogP) is 4.37. The molecular weight excluding hydrogens is 272 g/mol. The minimum absolute atomic E-state index is 0.158. The van der Waals surface area contributed by atoms with Gasteiger partial charge < -0.3 is 10.2 Å². The molecule has 2 aliphatic rings. The summed E-state index contributed by atoms with van der Waals surface area (Å²) in [5.74, 6) is 2.53. The van der Waals surface area contributed by atoms with Crippen LogP contribution in [0.15, 0.2) is 12.1 Å². The molecule has 1 aromatic rings. The first kappa shape index (κ1) is 15.9. The zero-order valence-corrected chi connectivity index (χ0v) is 14.4. The van der Waals surface area contributed by atoms with E-state index in [0.29, 0.717) is 36.0 Å². The molecule has 1 fully saturated rings. The van der Waals surface area contributed by atoms with E-state index in [4.69, 9.17) is 0 Å². The standard InChI is InChI=1S/C20H30O2/c1-12(2)15-5-8-18-16(19(15)22)6-7-17-13(3)14(11-21)9-10-20(17,18)4/h5,8,12-14,17,21-22H,6-7,9-11H2,1-4H3/t13-,14+,17-,20-/m0/s1.